The third-order valence-electron chi connectivity index (χ3n) is 20.9. The van der Waals surface area contributed by atoms with Crippen molar-refractivity contribution in [2.24, 2.45) is 0 Å². The first-order valence-electron chi connectivity index (χ1n) is 31.2. The number of aryl methyl sites for hydroxylation is 4. The number of hydrogen-bond donors (Lipinski definition) is 0. The van der Waals surface area contributed by atoms with Gasteiger partial charge in [0.15, 0.2) is 0 Å². The zero-order chi connectivity index (χ0) is 57.0. The molecular formula is C83H63N3. The highest BCUT2D eigenvalue weighted by molar-refractivity contribution is 6.26. The number of fused-ring (bicyclic) bond motifs is 13. The monoisotopic (exact) mass is 1100 g/mol. The third kappa shape index (κ3) is 7.03. The molecule has 0 aliphatic heterocycles. The van der Waals surface area contributed by atoms with E-state index in [2.05, 4.69) is 289 Å². The van der Waals surface area contributed by atoms with Gasteiger partial charge in [-0.25, -0.2) is 0 Å². The van der Waals surface area contributed by atoms with Crippen LogP contribution in [0.2, 0.25) is 0 Å². The Hall–Kier alpha value is -9.96. The molecule has 3 aromatic heterocycles. The lowest BCUT2D eigenvalue weighted by molar-refractivity contribution is 0.548. The van der Waals surface area contributed by atoms with Gasteiger partial charge in [-0.15, -0.1) is 0 Å². The minimum atomic E-state index is -0.206. The maximum atomic E-state index is 2.69. The average Bonchev–Trinajstić information content (AvgIpc) is 1.51. The fourth-order valence-electron chi connectivity index (χ4n) is 15.9. The summed E-state index contributed by atoms with van der Waals surface area (Å²) in [6.45, 7) is 7.24. The van der Waals surface area contributed by atoms with Crippen LogP contribution in [0.15, 0.2) is 255 Å². The van der Waals surface area contributed by atoms with Crippen LogP contribution in [0.3, 0.4) is 0 Å². The molecular weight excluding hydrogens is 1040 g/mol. The van der Waals surface area contributed by atoms with E-state index >= 15 is 0 Å². The molecule has 0 fully saturated rings. The van der Waals surface area contributed by atoms with Crippen LogP contribution in [-0.2, 0) is 36.5 Å². The summed E-state index contributed by atoms with van der Waals surface area (Å²) in [7, 11) is 0. The fraction of sp³-hybridized carbons (Fsp3) is 0.133. The standard InChI is InChI=1S/C83H63N3/c1-4-82(3,63-38-36-53-32-34-59(53)46-63)62-24-16-22-57(45-62)61-49-72-80(83(72,5-2)64-39-37-54-33-35-60(54)47-64)78(50-61)86-74-30-13-9-26-67(74)69-41-43-77-79(81(69)86)70-28-11-14-31-75(70)85(77)66-40-42-76-71(51-66)68-27-10-12-29-73(68)84(76)65-25-17-23-58(48-65)56-21-15-20-55(44-56)52-18-7-6-8-19-52/h6-31,36-51H,4-5,32-35H2,1-3H3. The number of aromatic nitrogens is 3. The molecule has 12 aromatic carbocycles. The van der Waals surface area contributed by atoms with Gasteiger partial charge in [0.25, 0.3) is 0 Å². The smallest absolute Gasteiger partial charge is 0.0641 e. The maximum absolute atomic E-state index is 2.69. The van der Waals surface area contributed by atoms with Gasteiger partial charge in [-0.2, -0.15) is 0 Å². The summed E-state index contributed by atoms with van der Waals surface area (Å²) in [5.74, 6) is 0. The Balaban J connectivity index is 0.840. The van der Waals surface area contributed by atoms with Crippen molar-refractivity contribution < 1.29 is 0 Å². The van der Waals surface area contributed by atoms with Crippen LogP contribution < -0.4 is 0 Å². The highest BCUT2D eigenvalue weighted by Crippen LogP contribution is 2.62. The third-order valence-corrected chi connectivity index (χ3v) is 20.9. The van der Waals surface area contributed by atoms with Gasteiger partial charge in [0, 0.05) is 54.5 Å². The van der Waals surface area contributed by atoms with Gasteiger partial charge >= 0.3 is 0 Å². The van der Waals surface area contributed by atoms with Gasteiger partial charge in [0.05, 0.1) is 38.8 Å². The van der Waals surface area contributed by atoms with Crippen LogP contribution in [0, 0.1) is 0 Å². The van der Waals surface area contributed by atoms with Gasteiger partial charge in [-0.1, -0.05) is 203 Å². The van der Waals surface area contributed by atoms with Crippen LogP contribution in [0.1, 0.15) is 83.7 Å². The van der Waals surface area contributed by atoms with E-state index in [1.54, 1.807) is 0 Å². The molecule has 0 saturated heterocycles. The Bertz CT molecular complexity index is 5350. The molecule has 3 aliphatic rings. The Morgan fingerprint density at radius 2 is 0.919 bits per heavy atom. The minimum absolute atomic E-state index is 0.123. The van der Waals surface area contributed by atoms with Crippen molar-refractivity contribution in [2.75, 3.05) is 0 Å². The summed E-state index contributed by atoms with van der Waals surface area (Å²) in [4.78, 5) is 0. The van der Waals surface area contributed by atoms with Crippen molar-refractivity contribution in [3.63, 3.8) is 0 Å². The maximum Gasteiger partial charge on any atom is 0.0641 e. The average molecular weight is 1100 g/mol. The SMILES string of the molecule is CCC(C)(c1cccc(-c2cc(-n3c4ccccc4c4ccc5c(c6ccccc6n5-c5ccc6c(c5)c5ccccc5n6-c5cccc(-c6cccc(-c7ccccc7)c6)c5)c43)c3c(c2)C3(CC)c2ccc3c(c2)CC3)c1)c1ccc2c(c1)CC2. The molecule has 18 rings (SSSR count). The lowest BCUT2D eigenvalue weighted by atomic mass is 9.71. The van der Waals surface area contributed by atoms with Gasteiger partial charge in [-0.05, 0) is 195 Å². The van der Waals surface area contributed by atoms with Gasteiger partial charge in [0.2, 0.25) is 0 Å². The van der Waals surface area contributed by atoms with Crippen LogP contribution in [0.4, 0.5) is 0 Å². The highest BCUT2D eigenvalue weighted by atomic mass is 15.0. The lowest BCUT2D eigenvalue weighted by Crippen LogP contribution is -2.24. The molecule has 3 heterocycles. The molecule has 3 aliphatic carbocycles. The van der Waals surface area contributed by atoms with E-state index in [0.717, 1.165) is 30.6 Å². The summed E-state index contributed by atoms with van der Waals surface area (Å²) >= 11 is 0. The van der Waals surface area contributed by atoms with E-state index in [1.165, 1.54) is 174 Å². The number of benzene rings is 12. The lowest BCUT2D eigenvalue weighted by Gasteiger charge is -2.32. The first-order valence-corrected chi connectivity index (χ1v) is 31.2. The van der Waals surface area contributed by atoms with E-state index in [9.17, 15) is 0 Å². The van der Waals surface area contributed by atoms with Crippen molar-refractivity contribution in [2.45, 2.75) is 70.1 Å². The van der Waals surface area contributed by atoms with E-state index in [1.807, 2.05) is 0 Å². The van der Waals surface area contributed by atoms with Gasteiger partial charge in [-0.3, -0.25) is 0 Å². The molecule has 3 heteroatoms. The van der Waals surface area contributed by atoms with Crippen LogP contribution >= 0.6 is 0 Å². The molecule has 0 spiro atoms. The zero-order valence-electron chi connectivity index (χ0n) is 48.8. The van der Waals surface area contributed by atoms with E-state index in [-0.39, 0.29) is 10.8 Å². The second-order valence-electron chi connectivity index (χ2n) is 25.0. The molecule has 0 N–H and O–H groups in total. The molecule has 0 amide bonds. The largest absolute Gasteiger partial charge is 0.309 e. The molecule has 0 radical (unpaired) electrons. The topological polar surface area (TPSA) is 14.8 Å². The molecule has 0 bridgehead atoms. The van der Waals surface area contributed by atoms with Crippen LogP contribution in [0.25, 0.3) is 116 Å². The van der Waals surface area contributed by atoms with Crippen LogP contribution in [-0.4, -0.2) is 13.7 Å². The number of hydrogen-bond acceptors (Lipinski definition) is 0. The number of para-hydroxylation sites is 3. The predicted molar refractivity (Wildman–Crippen MR) is 360 cm³/mol. The highest BCUT2D eigenvalue weighted by Gasteiger charge is 2.53. The fourth-order valence-corrected chi connectivity index (χ4v) is 15.9. The number of rotatable bonds is 11. The number of nitrogens with zero attached hydrogens (tertiary/aromatic N) is 3. The quantitative estimate of drug-likeness (QED) is 0.123. The molecule has 410 valence electrons. The van der Waals surface area contributed by atoms with Crippen molar-refractivity contribution in [1.29, 1.82) is 0 Å². The Morgan fingerprint density at radius 1 is 0.360 bits per heavy atom. The summed E-state index contributed by atoms with van der Waals surface area (Å²) in [5, 5.41) is 7.51. The van der Waals surface area contributed by atoms with Crippen molar-refractivity contribution in [3.05, 3.63) is 305 Å². The summed E-state index contributed by atoms with van der Waals surface area (Å²) in [5.41, 5.74) is 31.0. The van der Waals surface area contributed by atoms with E-state index < -0.39 is 0 Å². The molecule has 15 aromatic rings. The Morgan fingerprint density at radius 3 is 1.64 bits per heavy atom. The Labute approximate surface area is 501 Å². The van der Waals surface area contributed by atoms with Crippen LogP contribution in [0.5, 0.6) is 0 Å². The van der Waals surface area contributed by atoms with E-state index in [4.69, 9.17) is 0 Å². The normalized spacial score (nSPS) is 15.7. The van der Waals surface area contributed by atoms with Crippen molar-refractivity contribution in [3.8, 4) is 50.4 Å². The second-order valence-corrected chi connectivity index (χ2v) is 25.0. The molecule has 0 saturated carbocycles. The first-order chi connectivity index (χ1) is 42.4. The van der Waals surface area contributed by atoms with Crippen molar-refractivity contribution in [1.82, 2.24) is 13.7 Å². The summed E-state index contributed by atoms with van der Waals surface area (Å²) in [6, 6.07) is 97.3. The van der Waals surface area contributed by atoms with E-state index in [0.29, 0.717) is 0 Å². The first kappa shape index (κ1) is 49.5. The van der Waals surface area contributed by atoms with Crippen molar-refractivity contribution >= 4 is 65.4 Å². The van der Waals surface area contributed by atoms with Gasteiger partial charge < -0.3 is 13.7 Å². The Kier molecular flexibility index (Phi) is 10.7. The molecule has 2 atom stereocenters. The summed E-state index contributed by atoms with van der Waals surface area (Å²) < 4.78 is 7.68. The zero-order valence-corrected chi connectivity index (χ0v) is 48.8. The predicted octanol–water partition coefficient (Wildman–Crippen LogP) is 20.9. The molecule has 2 unspecified atom stereocenters. The minimum Gasteiger partial charge on any atom is -0.309 e. The molecule has 3 nitrogen and oxygen atoms in total. The summed E-state index contributed by atoms with van der Waals surface area (Å²) in [6.07, 6.45) is 6.73. The van der Waals surface area contributed by atoms with Gasteiger partial charge in [0.1, 0.15) is 0 Å². The molecule has 86 heavy (non-hydrogen) atoms. The second kappa shape index (κ2) is 18.5.